The van der Waals surface area contributed by atoms with Crippen LogP contribution in [0.3, 0.4) is 0 Å². The van der Waals surface area contributed by atoms with Crippen molar-refractivity contribution in [3.05, 3.63) is 58.4 Å². The Morgan fingerprint density at radius 3 is 2.57 bits per heavy atom. The summed E-state index contributed by atoms with van der Waals surface area (Å²) < 4.78 is 36.5. The fourth-order valence-corrected chi connectivity index (χ4v) is 4.72. The minimum Gasteiger partial charge on any atom is -0.494 e. The Labute approximate surface area is 212 Å². The van der Waals surface area contributed by atoms with Crippen molar-refractivity contribution in [3.8, 4) is 5.75 Å². The summed E-state index contributed by atoms with van der Waals surface area (Å²) in [6.45, 7) is 7.35. The standard InChI is InChI=1S/C25H33ClN4O4S/c1-4-6-8-14-34-21-11-9-20(22(26)16-21)17-30-18(3)28-23-12-10-19(15-24(23)30)25(31)29-35(32,33)27-13-7-5-2/h9-12,15-16,27H,4-8,13-14,17H2,1-3H3,(H,29,31). The molecule has 0 aliphatic rings. The average molecular weight is 521 g/mol. The van der Waals surface area contributed by atoms with Gasteiger partial charge in [-0.3, -0.25) is 4.79 Å². The van der Waals surface area contributed by atoms with Gasteiger partial charge in [-0.15, -0.1) is 0 Å². The van der Waals surface area contributed by atoms with Gasteiger partial charge in [0.2, 0.25) is 0 Å². The normalized spacial score (nSPS) is 11.7. The summed E-state index contributed by atoms with van der Waals surface area (Å²) in [6, 6.07) is 10.6. The van der Waals surface area contributed by atoms with Crippen LogP contribution in [-0.2, 0) is 16.8 Å². The number of aryl methyl sites for hydroxylation is 1. The van der Waals surface area contributed by atoms with Crippen LogP contribution in [-0.4, -0.2) is 37.0 Å². The number of imidazole rings is 1. The fraction of sp³-hybridized carbons (Fsp3) is 0.440. The number of hydrogen-bond donors (Lipinski definition) is 2. The molecule has 0 radical (unpaired) electrons. The van der Waals surface area contributed by atoms with Crippen molar-refractivity contribution in [2.45, 2.75) is 59.4 Å². The van der Waals surface area contributed by atoms with Crippen LogP contribution in [0.15, 0.2) is 36.4 Å². The number of ether oxygens (including phenoxy) is 1. The minimum atomic E-state index is -3.93. The van der Waals surface area contributed by atoms with Gasteiger partial charge in [0.05, 0.1) is 24.2 Å². The van der Waals surface area contributed by atoms with Crippen molar-refractivity contribution >= 4 is 38.8 Å². The largest absolute Gasteiger partial charge is 0.494 e. The van der Waals surface area contributed by atoms with Crippen molar-refractivity contribution in [1.82, 2.24) is 19.0 Å². The molecular formula is C25H33ClN4O4S. The second kappa shape index (κ2) is 12.4. The van der Waals surface area contributed by atoms with Crippen molar-refractivity contribution < 1.29 is 17.9 Å². The number of hydrogen-bond acceptors (Lipinski definition) is 5. The fourth-order valence-electron chi connectivity index (χ4n) is 3.64. The zero-order chi connectivity index (χ0) is 25.4. The SMILES string of the molecule is CCCCCOc1ccc(Cn2c(C)nc3ccc(C(=O)NS(=O)(=O)NCCCC)cc32)c(Cl)c1. The number of amides is 1. The highest BCUT2D eigenvalue weighted by molar-refractivity contribution is 7.88. The van der Waals surface area contributed by atoms with Crippen molar-refractivity contribution in [2.24, 2.45) is 0 Å². The van der Waals surface area contributed by atoms with E-state index in [4.69, 9.17) is 16.3 Å². The Bertz CT molecular complexity index is 1270. The van der Waals surface area contributed by atoms with Crippen LogP contribution in [0.25, 0.3) is 11.0 Å². The van der Waals surface area contributed by atoms with Crippen LogP contribution in [0.4, 0.5) is 0 Å². The molecular weight excluding hydrogens is 488 g/mol. The van der Waals surface area contributed by atoms with E-state index in [0.29, 0.717) is 35.6 Å². The van der Waals surface area contributed by atoms with Gasteiger partial charge in [0.1, 0.15) is 11.6 Å². The molecule has 3 rings (SSSR count). The second-order valence-electron chi connectivity index (χ2n) is 8.44. The van der Waals surface area contributed by atoms with Gasteiger partial charge >= 0.3 is 10.2 Å². The Morgan fingerprint density at radius 1 is 1.09 bits per heavy atom. The number of nitrogens with zero attached hydrogens (tertiary/aromatic N) is 2. The third-order valence-corrected chi connectivity index (χ3v) is 7.01. The number of carbonyl (C=O) groups is 1. The monoisotopic (exact) mass is 520 g/mol. The van der Waals surface area contributed by atoms with Crippen LogP contribution in [0.5, 0.6) is 5.75 Å². The molecule has 2 aromatic carbocycles. The summed E-state index contributed by atoms with van der Waals surface area (Å²) in [5.41, 5.74) is 2.52. The molecule has 0 saturated heterocycles. The van der Waals surface area contributed by atoms with Gasteiger partial charge in [-0.05, 0) is 55.7 Å². The number of rotatable bonds is 13. The molecule has 35 heavy (non-hydrogen) atoms. The molecule has 0 atom stereocenters. The Balaban J connectivity index is 1.78. The number of aromatic nitrogens is 2. The molecule has 1 amide bonds. The molecule has 190 valence electrons. The summed E-state index contributed by atoms with van der Waals surface area (Å²) in [5.74, 6) is 0.779. The molecule has 0 bridgehead atoms. The van der Waals surface area contributed by atoms with Gasteiger partial charge in [0.15, 0.2) is 0 Å². The van der Waals surface area contributed by atoms with E-state index >= 15 is 0 Å². The van der Waals surface area contributed by atoms with Crippen molar-refractivity contribution in [1.29, 1.82) is 0 Å². The van der Waals surface area contributed by atoms with Gasteiger partial charge in [0, 0.05) is 17.1 Å². The molecule has 0 fully saturated rings. The van der Waals surface area contributed by atoms with E-state index in [2.05, 4.69) is 21.4 Å². The Hall–Kier alpha value is -2.62. The highest BCUT2D eigenvalue weighted by Crippen LogP contribution is 2.26. The number of unbranched alkanes of at least 4 members (excludes halogenated alkanes) is 3. The molecule has 0 aliphatic carbocycles. The van der Waals surface area contributed by atoms with E-state index in [9.17, 15) is 13.2 Å². The zero-order valence-electron chi connectivity index (χ0n) is 20.4. The number of benzene rings is 2. The molecule has 0 aliphatic heterocycles. The molecule has 10 heteroatoms. The van der Waals surface area contributed by atoms with Crippen LogP contribution in [0.2, 0.25) is 5.02 Å². The summed E-state index contributed by atoms with van der Waals surface area (Å²) in [7, 11) is -3.93. The maximum atomic E-state index is 12.6. The maximum Gasteiger partial charge on any atom is 0.301 e. The summed E-state index contributed by atoms with van der Waals surface area (Å²) >= 11 is 6.54. The molecule has 0 unspecified atom stereocenters. The second-order valence-corrected chi connectivity index (χ2v) is 10.3. The third-order valence-electron chi connectivity index (χ3n) is 5.62. The van der Waals surface area contributed by atoms with E-state index in [1.54, 1.807) is 18.2 Å². The predicted octanol–water partition coefficient (Wildman–Crippen LogP) is 4.98. The van der Waals surface area contributed by atoms with Crippen LogP contribution < -0.4 is 14.2 Å². The van der Waals surface area contributed by atoms with Gasteiger partial charge in [-0.1, -0.05) is 50.8 Å². The lowest BCUT2D eigenvalue weighted by molar-refractivity contribution is 0.0981. The topological polar surface area (TPSA) is 102 Å². The molecule has 1 heterocycles. The molecule has 3 aromatic rings. The molecule has 8 nitrogen and oxygen atoms in total. The first-order chi connectivity index (χ1) is 16.7. The first-order valence-electron chi connectivity index (χ1n) is 11.9. The lowest BCUT2D eigenvalue weighted by atomic mass is 10.1. The van der Waals surface area contributed by atoms with E-state index in [1.165, 1.54) is 0 Å². The van der Waals surface area contributed by atoms with E-state index in [1.807, 2.05) is 36.6 Å². The van der Waals surface area contributed by atoms with Crippen LogP contribution >= 0.6 is 11.6 Å². The lowest BCUT2D eigenvalue weighted by Gasteiger charge is -2.12. The number of carbonyl (C=O) groups excluding carboxylic acids is 1. The number of fused-ring (bicyclic) bond motifs is 1. The third kappa shape index (κ3) is 7.43. The van der Waals surface area contributed by atoms with Crippen molar-refractivity contribution in [3.63, 3.8) is 0 Å². The van der Waals surface area contributed by atoms with Gasteiger partial charge in [0.25, 0.3) is 5.91 Å². The smallest absolute Gasteiger partial charge is 0.301 e. The number of nitrogens with one attached hydrogen (secondary N) is 2. The van der Waals surface area contributed by atoms with E-state index in [-0.39, 0.29) is 12.1 Å². The Kier molecular flexibility index (Phi) is 9.54. The summed E-state index contributed by atoms with van der Waals surface area (Å²) in [4.78, 5) is 17.2. The van der Waals surface area contributed by atoms with Crippen LogP contribution in [0, 0.1) is 6.92 Å². The average Bonchev–Trinajstić information content (AvgIpc) is 3.12. The zero-order valence-corrected chi connectivity index (χ0v) is 22.0. The molecule has 1 aromatic heterocycles. The van der Waals surface area contributed by atoms with Crippen molar-refractivity contribution in [2.75, 3.05) is 13.2 Å². The molecule has 0 spiro atoms. The van der Waals surface area contributed by atoms with Crippen LogP contribution in [0.1, 0.15) is 67.7 Å². The van der Waals surface area contributed by atoms with Gasteiger partial charge < -0.3 is 9.30 Å². The number of halogens is 1. The quantitative estimate of drug-likeness (QED) is 0.309. The maximum absolute atomic E-state index is 12.6. The summed E-state index contributed by atoms with van der Waals surface area (Å²) in [6.07, 6.45) is 4.79. The first-order valence-corrected chi connectivity index (χ1v) is 13.8. The first kappa shape index (κ1) is 27.0. The molecule has 0 saturated carbocycles. The minimum absolute atomic E-state index is 0.224. The summed E-state index contributed by atoms with van der Waals surface area (Å²) in [5, 5.41) is 0.581. The predicted molar refractivity (Wildman–Crippen MR) is 139 cm³/mol. The van der Waals surface area contributed by atoms with Gasteiger partial charge in [-0.25, -0.2) is 9.71 Å². The molecule has 2 N–H and O–H groups in total. The van der Waals surface area contributed by atoms with E-state index < -0.39 is 16.1 Å². The highest BCUT2D eigenvalue weighted by atomic mass is 35.5. The Morgan fingerprint density at radius 2 is 1.86 bits per heavy atom. The highest BCUT2D eigenvalue weighted by Gasteiger charge is 2.18. The van der Waals surface area contributed by atoms with Gasteiger partial charge in [-0.2, -0.15) is 13.1 Å². The lowest BCUT2D eigenvalue weighted by Crippen LogP contribution is -2.40. The van der Waals surface area contributed by atoms with E-state index in [0.717, 1.165) is 42.8 Å².